The highest BCUT2D eigenvalue weighted by Gasteiger charge is 2.25. The molecule has 0 fully saturated rings. The molecule has 0 spiro atoms. The van der Waals surface area contributed by atoms with Crippen molar-refractivity contribution in [1.82, 2.24) is 4.57 Å². The summed E-state index contributed by atoms with van der Waals surface area (Å²) in [5.74, 6) is 0.336. The molecule has 3 heterocycles. The maximum atomic E-state index is 10.4. The second-order valence-electron chi connectivity index (χ2n) is 13.1. The van der Waals surface area contributed by atoms with Gasteiger partial charge in [-0.25, -0.2) is 0 Å². The molecule has 50 heavy (non-hydrogen) atoms. The zero-order valence-corrected chi connectivity index (χ0v) is 28.7. The molecule has 6 aromatic carbocycles. The van der Waals surface area contributed by atoms with E-state index in [9.17, 15) is 10.5 Å². The molecule has 5 heteroatoms. The highest BCUT2D eigenvalue weighted by molar-refractivity contribution is 7.26. The van der Waals surface area contributed by atoms with Crippen molar-refractivity contribution in [2.24, 2.45) is 5.92 Å². The van der Waals surface area contributed by atoms with E-state index in [1.807, 2.05) is 53.0 Å². The van der Waals surface area contributed by atoms with E-state index in [0.29, 0.717) is 11.5 Å². The Labute approximate surface area is 296 Å². The van der Waals surface area contributed by atoms with E-state index in [1.165, 1.54) is 57.0 Å². The van der Waals surface area contributed by atoms with Crippen LogP contribution in [-0.2, 0) is 6.42 Å². The van der Waals surface area contributed by atoms with E-state index in [2.05, 4.69) is 121 Å². The predicted molar refractivity (Wildman–Crippen MR) is 211 cm³/mol. The Bertz CT molecular complexity index is 2960. The summed E-state index contributed by atoms with van der Waals surface area (Å²) in [7, 11) is 0. The van der Waals surface area contributed by atoms with Gasteiger partial charge in [-0.15, -0.1) is 22.7 Å². The van der Waals surface area contributed by atoms with Crippen molar-refractivity contribution in [3.8, 4) is 29.0 Å². The molecule has 0 bridgehead atoms. The van der Waals surface area contributed by atoms with E-state index >= 15 is 0 Å². The Hall–Kier alpha value is -5.98. The Morgan fingerprint density at radius 3 is 2.04 bits per heavy atom. The van der Waals surface area contributed by atoms with Crippen molar-refractivity contribution in [3.63, 3.8) is 0 Å². The zero-order chi connectivity index (χ0) is 33.5. The smallest absolute Gasteiger partial charge is 0.101 e. The third-order valence-electron chi connectivity index (χ3n) is 10.3. The van der Waals surface area contributed by atoms with Gasteiger partial charge in [-0.05, 0) is 89.2 Å². The largest absolute Gasteiger partial charge is 0.307 e. The number of hydrogen-bond donors (Lipinski definition) is 0. The second kappa shape index (κ2) is 11.0. The fourth-order valence-electron chi connectivity index (χ4n) is 8.05. The van der Waals surface area contributed by atoms with E-state index in [4.69, 9.17) is 0 Å². The molecule has 0 amide bonds. The average Bonchev–Trinajstić information content (AvgIpc) is 3.81. The molecule has 3 nitrogen and oxygen atoms in total. The van der Waals surface area contributed by atoms with Gasteiger partial charge in [0.05, 0.1) is 33.9 Å². The highest BCUT2D eigenvalue weighted by atomic mass is 32.1. The standard InChI is InChI=1S/C45H27N3S2/c1-26-19-42-36(21-34(26)30-11-3-2-9-28(30)24-46)38-22-37-35-20-27(17-18-41(35)49-43(37)23-44(38)50-42)31-14-8-10-29(25-47)45(31)48-39-15-6-4-12-32(39)33-13-5-7-16-40(33)48/h2-18,20-23,26H,19H2,1H3. The van der Waals surface area contributed by atoms with Gasteiger partial charge in [-0.1, -0.05) is 79.7 Å². The summed E-state index contributed by atoms with van der Waals surface area (Å²) in [6.07, 6.45) is 3.31. The van der Waals surface area contributed by atoms with Gasteiger partial charge < -0.3 is 4.57 Å². The molecule has 3 aromatic heterocycles. The summed E-state index contributed by atoms with van der Waals surface area (Å²) >= 11 is 3.75. The molecular formula is C45H27N3S2. The van der Waals surface area contributed by atoms with E-state index < -0.39 is 0 Å². The van der Waals surface area contributed by atoms with E-state index in [0.717, 1.165) is 45.4 Å². The SMILES string of the molecule is CC1Cc2sc3cc4sc5ccc(-c6cccc(C#N)c6-n6c7ccccc7c7ccccc76)cc5c4cc3c2C=C1c1ccccc1C#N. The van der Waals surface area contributed by atoms with Gasteiger partial charge in [0.25, 0.3) is 0 Å². The number of nitriles is 2. The van der Waals surface area contributed by atoms with Crippen LogP contribution < -0.4 is 0 Å². The molecule has 0 saturated carbocycles. The third kappa shape index (κ3) is 4.18. The molecule has 0 radical (unpaired) electrons. The highest BCUT2D eigenvalue weighted by Crippen LogP contribution is 2.47. The van der Waals surface area contributed by atoms with Gasteiger partial charge >= 0.3 is 0 Å². The third-order valence-corrected chi connectivity index (χ3v) is 12.7. The fraction of sp³-hybridized carbons (Fsp3) is 0.0667. The minimum absolute atomic E-state index is 0.336. The summed E-state index contributed by atoms with van der Waals surface area (Å²) in [5.41, 5.74) is 10.1. The Balaban J connectivity index is 1.19. The van der Waals surface area contributed by atoms with Crippen LogP contribution in [0.25, 0.3) is 80.5 Å². The van der Waals surface area contributed by atoms with Gasteiger partial charge in [-0.3, -0.25) is 0 Å². The number of fused-ring (bicyclic) bond motifs is 9. The molecule has 234 valence electrons. The van der Waals surface area contributed by atoms with Gasteiger partial charge in [0, 0.05) is 51.5 Å². The first-order chi connectivity index (χ1) is 24.6. The Kier molecular flexibility index (Phi) is 6.39. The monoisotopic (exact) mass is 673 g/mol. The lowest BCUT2D eigenvalue weighted by atomic mass is 9.82. The first-order valence-electron chi connectivity index (χ1n) is 16.8. The van der Waals surface area contributed by atoms with Gasteiger partial charge in [0.1, 0.15) is 6.07 Å². The van der Waals surface area contributed by atoms with Crippen molar-refractivity contribution in [2.45, 2.75) is 13.3 Å². The lowest BCUT2D eigenvalue weighted by molar-refractivity contribution is 0.748. The summed E-state index contributed by atoms with van der Waals surface area (Å²) in [6.45, 7) is 2.27. The maximum Gasteiger partial charge on any atom is 0.101 e. The summed E-state index contributed by atoms with van der Waals surface area (Å²) in [6, 6.07) is 47.4. The number of allylic oxidation sites excluding steroid dienone is 1. The molecule has 1 atom stereocenters. The molecule has 0 N–H and O–H groups in total. The van der Waals surface area contributed by atoms with Gasteiger partial charge in [-0.2, -0.15) is 10.5 Å². The van der Waals surface area contributed by atoms with Crippen molar-refractivity contribution in [2.75, 3.05) is 0 Å². The lowest BCUT2D eigenvalue weighted by Gasteiger charge is -2.22. The number of thiophene rings is 2. The van der Waals surface area contributed by atoms with Crippen LogP contribution in [0.15, 0.2) is 121 Å². The minimum Gasteiger partial charge on any atom is -0.307 e. The number of para-hydroxylation sites is 3. The molecule has 10 rings (SSSR count). The normalized spacial score (nSPS) is 14.3. The molecule has 1 aliphatic carbocycles. The van der Waals surface area contributed by atoms with Crippen molar-refractivity contribution < 1.29 is 0 Å². The quantitative estimate of drug-likeness (QED) is 0.187. The summed E-state index contributed by atoms with van der Waals surface area (Å²) in [4.78, 5) is 1.41. The summed E-state index contributed by atoms with van der Waals surface area (Å²) < 4.78 is 6.11. The van der Waals surface area contributed by atoms with Crippen LogP contribution >= 0.6 is 22.7 Å². The van der Waals surface area contributed by atoms with Crippen LogP contribution in [0.1, 0.15) is 34.1 Å². The minimum atomic E-state index is 0.336. The van der Waals surface area contributed by atoms with Crippen molar-refractivity contribution >= 4 is 86.4 Å². The van der Waals surface area contributed by atoms with Crippen molar-refractivity contribution in [3.05, 3.63) is 148 Å². The molecule has 1 aliphatic rings. The average molecular weight is 674 g/mol. The number of nitrogens with zero attached hydrogens (tertiary/aromatic N) is 3. The topological polar surface area (TPSA) is 52.5 Å². The molecule has 9 aromatic rings. The molecule has 0 saturated heterocycles. The molecular weight excluding hydrogens is 647 g/mol. The van der Waals surface area contributed by atoms with Crippen LogP contribution in [0.4, 0.5) is 0 Å². The first-order valence-corrected chi connectivity index (χ1v) is 18.4. The summed E-state index contributed by atoms with van der Waals surface area (Å²) in [5, 5.41) is 26.4. The zero-order valence-electron chi connectivity index (χ0n) is 27.1. The van der Waals surface area contributed by atoms with Crippen LogP contribution in [0.5, 0.6) is 0 Å². The first kappa shape index (κ1) is 29.0. The maximum absolute atomic E-state index is 10.4. The molecule has 0 aliphatic heterocycles. The fourth-order valence-corrected chi connectivity index (χ4v) is 10.6. The number of rotatable bonds is 3. The predicted octanol–water partition coefficient (Wildman–Crippen LogP) is 12.5. The Morgan fingerprint density at radius 1 is 0.600 bits per heavy atom. The van der Waals surface area contributed by atoms with Gasteiger partial charge in [0.15, 0.2) is 0 Å². The molecule has 1 unspecified atom stereocenters. The number of aromatic nitrogens is 1. The second-order valence-corrected chi connectivity index (χ2v) is 15.4. The van der Waals surface area contributed by atoms with E-state index in [-0.39, 0.29) is 0 Å². The Morgan fingerprint density at radius 2 is 1.26 bits per heavy atom. The van der Waals surface area contributed by atoms with Gasteiger partial charge in [0.2, 0.25) is 0 Å². The number of hydrogen-bond acceptors (Lipinski definition) is 4. The van der Waals surface area contributed by atoms with Crippen LogP contribution in [0, 0.1) is 28.6 Å². The van der Waals surface area contributed by atoms with Crippen LogP contribution in [0.2, 0.25) is 0 Å². The lowest BCUT2D eigenvalue weighted by Crippen LogP contribution is -2.08. The van der Waals surface area contributed by atoms with Crippen LogP contribution in [-0.4, -0.2) is 4.57 Å². The van der Waals surface area contributed by atoms with E-state index in [1.54, 1.807) is 0 Å². The number of benzene rings is 6. The van der Waals surface area contributed by atoms with Crippen molar-refractivity contribution in [1.29, 1.82) is 10.5 Å². The van der Waals surface area contributed by atoms with Crippen LogP contribution in [0.3, 0.4) is 0 Å².